The molecule has 2 heterocycles. The van der Waals surface area contributed by atoms with Crippen molar-refractivity contribution in [1.82, 2.24) is 5.32 Å². The average Bonchev–Trinajstić information content (AvgIpc) is 3.08. The van der Waals surface area contributed by atoms with Gasteiger partial charge in [-0.1, -0.05) is 0 Å². The van der Waals surface area contributed by atoms with Crippen LogP contribution >= 0.6 is 11.3 Å². The van der Waals surface area contributed by atoms with Crippen molar-refractivity contribution in [3.05, 3.63) is 45.5 Å². The van der Waals surface area contributed by atoms with E-state index in [2.05, 4.69) is 16.8 Å². The van der Waals surface area contributed by atoms with Crippen LogP contribution in [0.15, 0.2) is 28.0 Å². The summed E-state index contributed by atoms with van der Waals surface area (Å²) in [6.45, 7) is 2.01. The second kappa shape index (κ2) is 5.42. The summed E-state index contributed by atoms with van der Waals surface area (Å²) in [5.41, 5.74) is 1.39. The van der Waals surface area contributed by atoms with E-state index >= 15 is 0 Å². The first kappa shape index (κ1) is 13.4. The van der Waals surface area contributed by atoms with Crippen LogP contribution in [0.3, 0.4) is 0 Å². The number of carboxylic acids is 1. The molecule has 1 aliphatic rings. The zero-order valence-corrected chi connectivity index (χ0v) is 12.1. The van der Waals surface area contributed by atoms with Crippen LogP contribution in [0.1, 0.15) is 58.6 Å². The number of rotatable bonds is 4. The van der Waals surface area contributed by atoms with Gasteiger partial charge in [-0.15, -0.1) is 11.3 Å². The summed E-state index contributed by atoms with van der Waals surface area (Å²) >= 11 is 1.82. The number of hydrogen-bond donors (Lipinski definition) is 2. The summed E-state index contributed by atoms with van der Waals surface area (Å²) in [5, 5.41) is 14.6. The summed E-state index contributed by atoms with van der Waals surface area (Å²) in [6, 6.07) is 5.76. The van der Waals surface area contributed by atoms with Crippen molar-refractivity contribution in [2.75, 3.05) is 0 Å². The molecule has 2 atom stereocenters. The number of thiophene rings is 1. The molecule has 0 aliphatic heterocycles. The molecule has 0 saturated carbocycles. The second-order valence-electron chi connectivity index (χ2n) is 5.14. The number of nitrogens with one attached hydrogen (secondary N) is 1. The summed E-state index contributed by atoms with van der Waals surface area (Å²) < 4.78 is 5.36. The first-order valence-corrected chi connectivity index (χ1v) is 7.68. The molecule has 0 radical (unpaired) electrons. The van der Waals surface area contributed by atoms with Gasteiger partial charge in [0.25, 0.3) is 0 Å². The molecule has 0 bridgehead atoms. The molecule has 0 spiro atoms. The highest BCUT2D eigenvalue weighted by molar-refractivity contribution is 7.10. The third-order valence-electron chi connectivity index (χ3n) is 3.77. The number of aryl methyl sites for hydroxylation is 1. The summed E-state index contributed by atoms with van der Waals surface area (Å²) in [6.07, 6.45) is 3.47. The van der Waals surface area contributed by atoms with Gasteiger partial charge in [0.05, 0.1) is 6.04 Å². The normalized spacial score (nSPS) is 19.6. The SMILES string of the molecule is CC(NC1CCCc2sccc21)c1ccc(C(=O)O)o1. The van der Waals surface area contributed by atoms with E-state index < -0.39 is 5.97 Å². The van der Waals surface area contributed by atoms with Crippen LogP contribution in [-0.4, -0.2) is 11.1 Å². The Labute approximate surface area is 121 Å². The highest BCUT2D eigenvalue weighted by Crippen LogP contribution is 2.34. The summed E-state index contributed by atoms with van der Waals surface area (Å²) in [5.74, 6) is -0.362. The first-order valence-electron chi connectivity index (χ1n) is 6.80. The van der Waals surface area contributed by atoms with Gasteiger partial charge in [-0.2, -0.15) is 0 Å². The van der Waals surface area contributed by atoms with Crippen LogP contribution in [0.25, 0.3) is 0 Å². The summed E-state index contributed by atoms with van der Waals surface area (Å²) in [7, 11) is 0. The van der Waals surface area contributed by atoms with E-state index in [-0.39, 0.29) is 11.8 Å². The number of fused-ring (bicyclic) bond motifs is 1. The molecule has 0 saturated heterocycles. The minimum absolute atomic E-state index is 0.000972. The summed E-state index contributed by atoms with van der Waals surface area (Å²) in [4.78, 5) is 12.3. The lowest BCUT2D eigenvalue weighted by Gasteiger charge is -2.26. The van der Waals surface area contributed by atoms with Crippen molar-refractivity contribution < 1.29 is 14.3 Å². The Morgan fingerprint density at radius 2 is 2.35 bits per heavy atom. The number of furan rings is 1. The van der Waals surface area contributed by atoms with Crippen LogP contribution in [-0.2, 0) is 6.42 Å². The highest BCUT2D eigenvalue weighted by Gasteiger charge is 2.24. The maximum atomic E-state index is 10.8. The molecule has 106 valence electrons. The van der Waals surface area contributed by atoms with Crippen molar-refractivity contribution in [1.29, 1.82) is 0 Å². The zero-order valence-electron chi connectivity index (χ0n) is 11.3. The Balaban J connectivity index is 1.73. The van der Waals surface area contributed by atoms with Crippen LogP contribution in [0.4, 0.5) is 0 Å². The number of aromatic carboxylic acids is 1. The monoisotopic (exact) mass is 291 g/mol. The maximum absolute atomic E-state index is 10.8. The third kappa shape index (κ3) is 2.51. The molecule has 0 fully saturated rings. The Bertz CT molecular complexity index is 616. The van der Waals surface area contributed by atoms with Crippen molar-refractivity contribution in [3.8, 4) is 0 Å². The minimum Gasteiger partial charge on any atom is -0.475 e. The quantitative estimate of drug-likeness (QED) is 0.900. The molecule has 0 amide bonds. The van der Waals surface area contributed by atoms with Gasteiger partial charge in [0.15, 0.2) is 0 Å². The van der Waals surface area contributed by atoms with E-state index in [4.69, 9.17) is 9.52 Å². The molecular formula is C15H17NO3S. The zero-order chi connectivity index (χ0) is 14.1. The van der Waals surface area contributed by atoms with Gasteiger partial charge in [0.2, 0.25) is 5.76 Å². The van der Waals surface area contributed by atoms with Crippen molar-refractivity contribution in [2.24, 2.45) is 0 Å². The lowest BCUT2D eigenvalue weighted by Crippen LogP contribution is -2.26. The van der Waals surface area contributed by atoms with Crippen molar-refractivity contribution in [2.45, 2.75) is 38.3 Å². The predicted octanol–water partition coefficient (Wildman–Crippen LogP) is 3.77. The Morgan fingerprint density at radius 1 is 1.50 bits per heavy atom. The standard InChI is InChI=1S/C15H17NO3S/c1-9(12-5-6-13(19-12)15(17)18)16-11-3-2-4-14-10(11)7-8-20-14/h5-9,11,16H,2-4H2,1H3,(H,17,18). The topological polar surface area (TPSA) is 62.5 Å². The molecular weight excluding hydrogens is 274 g/mol. The molecule has 2 N–H and O–H groups in total. The van der Waals surface area contributed by atoms with Crippen LogP contribution in [0.2, 0.25) is 0 Å². The van der Waals surface area contributed by atoms with Gasteiger partial charge >= 0.3 is 5.97 Å². The van der Waals surface area contributed by atoms with Crippen LogP contribution in [0.5, 0.6) is 0 Å². The fourth-order valence-electron chi connectivity index (χ4n) is 2.74. The van der Waals surface area contributed by atoms with E-state index in [0.29, 0.717) is 11.8 Å². The lowest BCUT2D eigenvalue weighted by atomic mass is 9.93. The van der Waals surface area contributed by atoms with Gasteiger partial charge in [0.1, 0.15) is 5.76 Å². The number of hydrogen-bond acceptors (Lipinski definition) is 4. The number of carbonyl (C=O) groups is 1. The maximum Gasteiger partial charge on any atom is 0.371 e. The van der Waals surface area contributed by atoms with Gasteiger partial charge in [-0.25, -0.2) is 4.79 Å². The Hall–Kier alpha value is -1.59. The molecule has 0 aromatic carbocycles. The van der Waals surface area contributed by atoms with Gasteiger partial charge in [0, 0.05) is 10.9 Å². The molecule has 5 heteroatoms. The highest BCUT2D eigenvalue weighted by atomic mass is 32.1. The molecule has 2 unspecified atom stereocenters. The minimum atomic E-state index is -1.03. The van der Waals surface area contributed by atoms with E-state index in [1.165, 1.54) is 29.3 Å². The van der Waals surface area contributed by atoms with Crippen molar-refractivity contribution in [3.63, 3.8) is 0 Å². The first-order chi connectivity index (χ1) is 9.65. The smallest absolute Gasteiger partial charge is 0.371 e. The van der Waals surface area contributed by atoms with E-state index in [1.807, 2.05) is 18.3 Å². The fourth-order valence-corrected chi connectivity index (χ4v) is 3.73. The molecule has 2 aromatic rings. The van der Waals surface area contributed by atoms with Crippen LogP contribution in [0, 0.1) is 0 Å². The molecule has 3 rings (SSSR count). The van der Waals surface area contributed by atoms with Crippen molar-refractivity contribution >= 4 is 17.3 Å². The van der Waals surface area contributed by atoms with Gasteiger partial charge in [-0.3, -0.25) is 0 Å². The van der Waals surface area contributed by atoms with E-state index in [0.717, 1.165) is 6.42 Å². The molecule has 20 heavy (non-hydrogen) atoms. The fraction of sp³-hybridized carbons (Fsp3) is 0.400. The average molecular weight is 291 g/mol. The molecule has 1 aliphatic carbocycles. The number of carboxylic acid groups (broad SMARTS) is 1. The predicted molar refractivity (Wildman–Crippen MR) is 77.2 cm³/mol. The molecule has 2 aromatic heterocycles. The second-order valence-corrected chi connectivity index (χ2v) is 6.14. The largest absolute Gasteiger partial charge is 0.475 e. The third-order valence-corrected chi connectivity index (χ3v) is 4.76. The van der Waals surface area contributed by atoms with Gasteiger partial charge in [-0.05, 0) is 55.3 Å². The van der Waals surface area contributed by atoms with E-state index in [1.54, 1.807) is 6.07 Å². The van der Waals surface area contributed by atoms with Gasteiger partial charge < -0.3 is 14.8 Å². The van der Waals surface area contributed by atoms with Crippen LogP contribution < -0.4 is 5.32 Å². The Kier molecular flexibility index (Phi) is 3.63. The molecule has 4 nitrogen and oxygen atoms in total. The lowest BCUT2D eigenvalue weighted by molar-refractivity contribution is 0.0659. The Morgan fingerprint density at radius 3 is 3.10 bits per heavy atom. The van der Waals surface area contributed by atoms with E-state index in [9.17, 15) is 4.79 Å².